The van der Waals surface area contributed by atoms with Crippen molar-refractivity contribution in [2.75, 3.05) is 0 Å². The van der Waals surface area contributed by atoms with Gasteiger partial charge in [-0.2, -0.15) is 0 Å². The van der Waals surface area contributed by atoms with Crippen molar-refractivity contribution in [1.29, 1.82) is 0 Å². The van der Waals surface area contributed by atoms with Crippen molar-refractivity contribution in [3.05, 3.63) is 12.2 Å². The average Bonchev–Trinajstić information content (AvgIpc) is 2.65. The van der Waals surface area contributed by atoms with Crippen molar-refractivity contribution < 1.29 is 49.0 Å². The van der Waals surface area contributed by atoms with Crippen LogP contribution in [0.25, 0.3) is 0 Å². The number of fused-ring (bicyclic) bond motifs is 1. The summed E-state index contributed by atoms with van der Waals surface area (Å²) in [4.78, 5) is 36.4. The van der Waals surface area contributed by atoms with Gasteiger partial charge < -0.3 is 20.1 Å². The summed E-state index contributed by atoms with van der Waals surface area (Å²) in [6, 6.07) is -1.59. The van der Waals surface area contributed by atoms with Gasteiger partial charge in [-0.25, -0.2) is 0 Å². The number of allylic oxidation sites excluding steroid dienone is 1. The fourth-order valence-corrected chi connectivity index (χ4v) is 4.34. The number of carbonyl (C=O) groups excluding carboxylic acids is 3. The smallest absolute Gasteiger partial charge is 0.548 e. The molecule has 1 N–H and O–H groups in total. The van der Waals surface area contributed by atoms with Gasteiger partial charge in [0.15, 0.2) is 0 Å². The summed E-state index contributed by atoms with van der Waals surface area (Å²) in [5, 5.41) is 13.6. The van der Waals surface area contributed by atoms with Gasteiger partial charge in [0.2, 0.25) is 11.8 Å². The molecule has 8 heteroatoms. The van der Waals surface area contributed by atoms with Crippen LogP contribution in [0, 0.1) is 0 Å². The molecule has 0 radical (unpaired) electrons. The van der Waals surface area contributed by atoms with Gasteiger partial charge in [0.05, 0.1) is 12.0 Å². The molecule has 0 saturated carbocycles. The monoisotopic (exact) mass is 334 g/mol. The van der Waals surface area contributed by atoms with Gasteiger partial charge in [0.25, 0.3) is 0 Å². The first-order chi connectivity index (χ1) is 9.79. The van der Waals surface area contributed by atoms with Gasteiger partial charge in [0, 0.05) is 11.2 Å². The summed E-state index contributed by atoms with van der Waals surface area (Å²) in [7, 11) is 0. The second-order valence-electron chi connectivity index (χ2n) is 5.71. The molecule has 0 unspecified atom stereocenters. The Labute approximate surface area is 156 Å². The fourth-order valence-electron chi connectivity index (χ4n) is 2.72. The van der Waals surface area contributed by atoms with Crippen LogP contribution in [0.3, 0.4) is 0 Å². The van der Waals surface area contributed by atoms with Crippen LogP contribution >= 0.6 is 11.8 Å². The number of thioether (sulfide) groups is 1. The molecule has 0 aromatic rings. The molecular formula is C14H19N2NaO4S. The summed E-state index contributed by atoms with van der Waals surface area (Å²) in [5.74, 6) is -1.83. The molecule has 2 fully saturated rings. The van der Waals surface area contributed by atoms with Crippen molar-refractivity contribution in [2.45, 2.75) is 55.8 Å². The van der Waals surface area contributed by atoms with E-state index in [1.165, 1.54) is 16.7 Å². The number of hydrogen-bond donors (Lipinski definition) is 1. The van der Waals surface area contributed by atoms with E-state index in [-0.39, 0.29) is 53.2 Å². The van der Waals surface area contributed by atoms with Crippen LogP contribution < -0.4 is 40.0 Å². The van der Waals surface area contributed by atoms with Crippen molar-refractivity contribution in [1.82, 2.24) is 10.2 Å². The van der Waals surface area contributed by atoms with Gasteiger partial charge in [-0.05, 0) is 20.3 Å². The van der Waals surface area contributed by atoms with Crippen LogP contribution in [0.4, 0.5) is 0 Å². The molecule has 0 aliphatic carbocycles. The standard InChI is InChI=1S/C14H20N2O4S.Na/c1-4-5-6-7-8(17)15-9-11(18)16-10(13(19)20)14(2,3)21-12(9)16;/h5-6,9-10,12H,4,7H2,1-3H3,(H,15,17)(H,19,20);/q;+1/p-1/b6-5-;/t9-,10+,12-;/m1./s1. The molecule has 2 heterocycles. The molecule has 0 spiro atoms. The molecule has 0 aromatic carbocycles. The van der Waals surface area contributed by atoms with Crippen LogP contribution in [0.1, 0.15) is 33.6 Å². The van der Waals surface area contributed by atoms with E-state index >= 15 is 0 Å². The van der Waals surface area contributed by atoms with Gasteiger partial charge in [-0.15, -0.1) is 11.8 Å². The number of hydrogen-bond acceptors (Lipinski definition) is 5. The summed E-state index contributed by atoms with van der Waals surface area (Å²) >= 11 is 1.39. The number of amides is 2. The van der Waals surface area contributed by atoms with E-state index in [0.29, 0.717) is 0 Å². The summed E-state index contributed by atoms with van der Waals surface area (Å²) in [5.41, 5.74) is 0. The van der Waals surface area contributed by atoms with E-state index in [1.54, 1.807) is 19.9 Å². The Morgan fingerprint density at radius 2 is 2.05 bits per heavy atom. The molecule has 2 aliphatic rings. The Morgan fingerprint density at radius 1 is 1.41 bits per heavy atom. The number of rotatable bonds is 5. The minimum Gasteiger partial charge on any atom is -0.548 e. The van der Waals surface area contributed by atoms with Crippen molar-refractivity contribution >= 4 is 29.5 Å². The first-order valence-corrected chi connectivity index (χ1v) is 7.82. The molecule has 0 bridgehead atoms. The number of carboxylic acid groups (broad SMARTS) is 1. The van der Waals surface area contributed by atoms with Crippen LogP contribution in [0.5, 0.6) is 0 Å². The largest absolute Gasteiger partial charge is 1.00 e. The van der Waals surface area contributed by atoms with Crippen LogP contribution in [-0.4, -0.2) is 44.9 Å². The first kappa shape index (κ1) is 19.5. The minimum absolute atomic E-state index is 0. The van der Waals surface area contributed by atoms with Gasteiger partial charge in [0.1, 0.15) is 11.4 Å². The average molecular weight is 334 g/mol. The molecule has 2 rings (SSSR count). The number of carbonyl (C=O) groups is 3. The third-order valence-electron chi connectivity index (χ3n) is 3.69. The maximum atomic E-state index is 12.1. The van der Waals surface area contributed by atoms with Gasteiger partial charge in [-0.3, -0.25) is 9.59 Å². The number of aliphatic carboxylic acids is 1. The topological polar surface area (TPSA) is 89.5 Å². The minimum atomic E-state index is -1.25. The Kier molecular flexibility index (Phi) is 6.56. The predicted octanol–water partition coefficient (Wildman–Crippen LogP) is -3.36. The van der Waals surface area contributed by atoms with Crippen molar-refractivity contribution in [2.24, 2.45) is 0 Å². The van der Waals surface area contributed by atoms with Crippen LogP contribution in [0.2, 0.25) is 0 Å². The predicted molar refractivity (Wildman–Crippen MR) is 77.1 cm³/mol. The van der Waals surface area contributed by atoms with Crippen LogP contribution in [-0.2, 0) is 14.4 Å². The Morgan fingerprint density at radius 3 is 2.59 bits per heavy atom. The van der Waals surface area contributed by atoms with E-state index in [1.807, 2.05) is 13.0 Å². The molecule has 2 amide bonds. The first-order valence-electron chi connectivity index (χ1n) is 6.94. The third kappa shape index (κ3) is 3.53. The molecule has 0 aromatic heterocycles. The van der Waals surface area contributed by atoms with E-state index < -0.39 is 22.8 Å². The van der Waals surface area contributed by atoms with Gasteiger partial charge in [-0.1, -0.05) is 19.1 Å². The number of nitrogens with zero attached hydrogens (tertiary/aromatic N) is 1. The molecule has 116 valence electrons. The Bertz CT molecular complexity index is 509. The number of nitrogens with one attached hydrogen (secondary N) is 1. The molecule has 6 nitrogen and oxygen atoms in total. The quantitative estimate of drug-likeness (QED) is 0.322. The van der Waals surface area contributed by atoms with E-state index in [0.717, 1.165) is 6.42 Å². The number of carboxylic acids is 1. The zero-order valence-corrected chi connectivity index (χ0v) is 16.1. The SMILES string of the molecule is CC/C=C\CC(=O)N[C@@H]1C(=O)N2[C@@H]1SC(C)(C)[C@@H]2C(=O)[O-].[Na+]. The number of β-lactam (4-membered cyclic amide) rings is 1. The maximum Gasteiger partial charge on any atom is 1.00 e. The molecule has 22 heavy (non-hydrogen) atoms. The molecule has 2 aliphatic heterocycles. The molecule has 2 saturated heterocycles. The van der Waals surface area contributed by atoms with E-state index in [9.17, 15) is 19.5 Å². The Balaban J connectivity index is 0.00000242. The summed E-state index contributed by atoms with van der Waals surface area (Å²) in [6.45, 7) is 5.51. The zero-order valence-electron chi connectivity index (χ0n) is 13.3. The normalized spacial score (nSPS) is 28.8. The van der Waals surface area contributed by atoms with E-state index in [2.05, 4.69) is 5.32 Å². The summed E-state index contributed by atoms with van der Waals surface area (Å²) in [6.07, 6.45) is 4.71. The molecular weight excluding hydrogens is 315 g/mol. The zero-order chi connectivity index (χ0) is 15.8. The second-order valence-corrected chi connectivity index (χ2v) is 7.48. The second kappa shape index (κ2) is 7.38. The molecule has 3 atom stereocenters. The summed E-state index contributed by atoms with van der Waals surface area (Å²) < 4.78 is -0.624. The van der Waals surface area contributed by atoms with E-state index in [4.69, 9.17) is 0 Å². The third-order valence-corrected chi connectivity index (χ3v) is 5.26. The maximum absolute atomic E-state index is 12.1. The van der Waals surface area contributed by atoms with Crippen LogP contribution in [0.15, 0.2) is 12.2 Å². The fraction of sp³-hybridized carbons (Fsp3) is 0.643. The Hall–Kier alpha value is -0.500. The van der Waals surface area contributed by atoms with Crippen molar-refractivity contribution in [3.63, 3.8) is 0 Å². The van der Waals surface area contributed by atoms with Crippen molar-refractivity contribution in [3.8, 4) is 0 Å². The van der Waals surface area contributed by atoms with Gasteiger partial charge >= 0.3 is 29.6 Å².